The number of aromatic nitrogens is 3. The smallest absolute Gasteiger partial charge is 0.234 e. The number of aromatic amines is 1. The molecule has 140 valence electrons. The van der Waals surface area contributed by atoms with Gasteiger partial charge in [0.05, 0.1) is 17.9 Å². The van der Waals surface area contributed by atoms with Gasteiger partial charge >= 0.3 is 0 Å². The molecule has 0 saturated heterocycles. The summed E-state index contributed by atoms with van der Waals surface area (Å²) >= 11 is 7.38. The standard InChI is InChI=1S/C18H23ClN4O2S/c1-25-15-8-7-13(10-14(15)19)20-17(24)11-26-18-21-16(22-23-18)9-6-12-4-2-3-5-12/h7-8,10,12H,2-6,9,11H2,1H3,(H,20,24)(H,21,22,23). The average molecular weight is 395 g/mol. The summed E-state index contributed by atoms with van der Waals surface area (Å²) in [6, 6.07) is 5.13. The lowest BCUT2D eigenvalue weighted by molar-refractivity contribution is -0.113. The topological polar surface area (TPSA) is 79.9 Å². The Morgan fingerprint density at radius 3 is 2.96 bits per heavy atom. The van der Waals surface area contributed by atoms with Gasteiger partial charge in [0, 0.05) is 12.1 Å². The Morgan fingerprint density at radius 2 is 2.23 bits per heavy atom. The van der Waals surface area contributed by atoms with Crippen molar-refractivity contribution in [3.05, 3.63) is 29.0 Å². The van der Waals surface area contributed by atoms with Crippen molar-refractivity contribution in [1.29, 1.82) is 0 Å². The summed E-state index contributed by atoms with van der Waals surface area (Å²) in [6.07, 6.45) is 7.48. The lowest BCUT2D eigenvalue weighted by Crippen LogP contribution is -2.14. The number of methoxy groups -OCH3 is 1. The third kappa shape index (κ3) is 5.38. The lowest BCUT2D eigenvalue weighted by atomic mass is 10.0. The molecule has 0 unspecified atom stereocenters. The molecule has 1 aliphatic rings. The van der Waals surface area contributed by atoms with Gasteiger partial charge in [-0.15, -0.1) is 5.10 Å². The average Bonchev–Trinajstić information content (AvgIpc) is 3.30. The zero-order valence-corrected chi connectivity index (χ0v) is 16.3. The number of amides is 1. The molecule has 1 heterocycles. The van der Waals surface area contributed by atoms with Gasteiger partial charge in [-0.25, -0.2) is 4.98 Å². The van der Waals surface area contributed by atoms with Crippen LogP contribution < -0.4 is 10.1 Å². The van der Waals surface area contributed by atoms with Crippen molar-refractivity contribution >= 4 is 35.0 Å². The minimum Gasteiger partial charge on any atom is -0.495 e. The van der Waals surface area contributed by atoms with E-state index in [2.05, 4.69) is 20.5 Å². The molecule has 1 saturated carbocycles. The van der Waals surface area contributed by atoms with Gasteiger partial charge < -0.3 is 10.1 Å². The summed E-state index contributed by atoms with van der Waals surface area (Å²) in [5.41, 5.74) is 0.633. The Morgan fingerprint density at radius 1 is 1.42 bits per heavy atom. The number of rotatable bonds is 8. The van der Waals surface area contributed by atoms with E-state index in [0.29, 0.717) is 21.6 Å². The number of ether oxygens (including phenoxy) is 1. The summed E-state index contributed by atoms with van der Waals surface area (Å²) in [5.74, 6) is 2.42. The number of aryl methyl sites for hydroxylation is 1. The van der Waals surface area contributed by atoms with E-state index >= 15 is 0 Å². The number of anilines is 1. The largest absolute Gasteiger partial charge is 0.495 e. The third-order valence-electron chi connectivity index (χ3n) is 4.54. The Kier molecular flexibility index (Phi) is 6.80. The minimum atomic E-state index is -0.131. The van der Waals surface area contributed by atoms with Crippen LogP contribution in [0.25, 0.3) is 0 Å². The van der Waals surface area contributed by atoms with Gasteiger partial charge in [-0.3, -0.25) is 9.89 Å². The molecule has 0 spiro atoms. The van der Waals surface area contributed by atoms with E-state index in [-0.39, 0.29) is 11.7 Å². The molecule has 6 nitrogen and oxygen atoms in total. The van der Waals surface area contributed by atoms with Crippen molar-refractivity contribution in [2.75, 3.05) is 18.2 Å². The number of hydrogen-bond donors (Lipinski definition) is 2. The number of carbonyl (C=O) groups excluding carboxylic acids is 1. The van der Waals surface area contributed by atoms with Gasteiger partial charge in [0.2, 0.25) is 11.1 Å². The Hall–Kier alpha value is -1.73. The maximum Gasteiger partial charge on any atom is 0.234 e. The van der Waals surface area contributed by atoms with Crippen LogP contribution in [0.3, 0.4) is 0 Å². The molecule has 1 amide bonds. The molecule has 3 rings (SSSR count). The number of nitrogens with zero attached hydrogens (tertiary/aromatic N) is 2. The predicted octanol–water partition coefficient (Wildman–Crippen LogP) is 4.32. The highest BCUT2D eigenvalue weighted by Crippen LogP contribution is 2.29. The quantitative estimate of drug-likeness (QED) is 0.651. The minimum absolute atomic E-state index is 0.131. The second-order valence-corrected chi connectivity index (χ2v) is 7.79. The molecule has 8 heteroatoms. The second kappa shape index (κ2) is 9.28. The summed E-state index contributed by atoms with van der Waals surface area (Å²) in [5, 5.41) is 11.0. The molecular formula is C18H23ClN4O2S. The van der Waals surface area contributed by atoms with E-state index in [0.717, 1.165) is 24.6 Å². The van der Waals surface area contributed by atoms with Crippen molar-refractivity contribution < 1.29 is 9.53 Å². The fourth-order valence-electron chi connectivity index (χ4n) is 3.17. The molecule has 2 aromatic rings. The molecule has 0 bridgehead atoms. The number of carbonyl (C=O) groups is 1. The lowest BCUT2D eigenvalue weighted by Gasteiger charge is -2.07. The fourth-order valence-corrected chi connectivity index (χ4v) is 4.04. The maximum atomic E-state index is 12.1. The number of nitrogens with one attached hydrogen (secondary N) is 2. The van der Waals surface area contributed by atoms with Gasteiger partial charge in [-0.1, -0.05) is 49.0 Å². The van der Waals surface area contributed by atoms with Crippen molar-refractivity contribution in [1.82, 2.24) is 15.2 Å². The molecule has 0 radical (unpaired) electrons. The molecule has 1 fully saturated rings. The molecule has 0 aliphatic heterocycles. The zero-order valence-electron chi connectivity index (χ0n) is 14.8. The van der Waals surface area contributed by atoms with Crippen molar-refractivity contribution in [3.8, 4) is 5.75 Å². The first-order chi connectivity index (χ1) is 12.6. The van der Waals surface area contributed by atoms with Crippen LogP contribution in [0.1, 0.15) is 37.9 Å². The number of thioether (sulfide) groups is 1. The van der Waals surface area contributed by atoms with E-state index in [9.17, 15) is 4.79 Å². The van der Waals surface area contributed by atoms with Crippen LogP contribution >= 0.6 is 23.4 Å². The highest BCUT2D eigenvalue weighted by molar-refractivity contribution is 7.99. The van der Waals surface area contributed by atoms with E-state index in [1.807, 2.05) is 0 Å². The van der Waals surface area contributed by atoms with Crippen molar-refractivity contribution in [2.45, 2.75) is 43.7 Å². The molecule has 0 atom stereocenters. The number of hydrogen-bond acceptors (Lipinski definition) is 5. The van der Waals surface area contributed by atoms with E-state index in [1.165, 1.54) is 37.4 Å². The summed E-state index contributed by atoms with van der Waals surface area (Å²) in [6.45, 7) is 0. The van der Waals surface area contributed by atoms with E-state index < -0.39 is 0 Å². The number of halogens is 1. The first-order valence-electron chi connectivity index (χ1n) is 8.81. The molecule has 1 aromatic carbocycles. The maximum absolute atomic E-state index is 12.1. The molecule has 1 aromatic heterocycles. The normalized spacial score (nSPS) is 14.5. The first-order valence-corrected chi connectivity index (χ1v) is 10.2. The van der Waals surface area contributed by atoms with Gasteiger partial charge in [-0.2, -0.15) is 0 Å². The van der Waals surface area contributed by atoms with Gasteiger partial charge in [0.25, 0.3) is 0 Å². The van der Waals surface area contributed by atoms with Crippen molar-refractivity contribution in [2.24, 2.45) is 5.92 Å². The van der Waals surface area contributed by atoms with Crippen LogP contribution in [0, 0.1) is 5.92 Å². The Bertz CT molecular complexity index is 747. The van der Waals surface area contributed by atoms with Crippen LogP contribution in [0.2, 0.25) is 5.02 Å². The highest BCUT2D eigenvalue weighted by Gasteiger charge is 2.16. The van der Waals surface area contributed by atoms with Crippen LogP contribution in [0.5, 0.6) is 5.75 Å². The SMILES string of the molecule is COc1ccc(NC(=O)CSc2n[nH]c(CCC3CCCC3)n2)cc1Cl. The summed E-state index contributed by atoms with van der Waals surface area (Å²) in [4.78, 5) is 16.6. The van der Waals surface area contributed by atoms with Crippen LogP contribution in [0.4, 0.5) is 5.69 Å². The van der Waals surface area contributed by atoms with Gasteiger partial charge in [0.15, 0.2) is 0 Å². The predicted molar refractivity (Wildman–Crippen MR) is 104 cm³/mol. The Labute approximate surface area is 162 Å². The number of benzene rings is 1. The molecular weight excluding hydrogens is 372 g/mol. The van der Waals surface area contributed by atoms with E-state index in [4.69, 9.17) is 16.3 Å². The number of H-pyrrole nitrogens is 1. The van der Waals surface area contributed by atoms with Crippen molar-refractivity contribution in [3.63, 3.8) is 0 Å². The van der Waals surface area contributed by atoms with Crippen LogP contribution in [-0.2, 0) is 11.2 Å². The second-order valence-electron chi connectivity index (χ2n) is 6.44. The summed E-state index contributed by atoms with van der Waals surface area (Å²) in [7, 11) is 1.55. The first kappa shape index (κ1) is 19.0. The Balaban J connectivity index is 1.43. The zero-order chi connectivity index (χ0) is 18.4. The van der Waals surface area contributed by atoms with Gasteiger partial charge in [0.1, 0.15) is 11.6 Å². The molecule has 2 N–H and O–H groups in total. The third-order valence-corrected chi connectivity index (χ3v) is 5.69. The fraction of sp³-hybridized carbons (Fsp3) is 0.500. The van der Waals surface area contributed by atoms with E-state index in [1.54, 1.807) is 25.3 Å². The van der Waals surface area contributed by atoms with Gasteiger partial charge in [-0.05, 0) is 30.5 Å². The van der Waals surface area contributed by atoms with Crippen LogP contribution in [-0.4, -0.2) is 34.0 Å². The monoisotopic (exact) mass is 394 g/mol. The van der Waals surface area contributed by atoms with Crippen LogP contribution in [0.15, 0.2) is 23.4 Å². The molecule has 26 heavy (non-hydrogen) atoms. The highest BCUT2D eigenvalue weighted by atomic mass is 35.5. The molecule has 1 aliphatic carbocycles. The summed E-state index contributed by atoms with van der Waals surface area (Å²) < 4.78 is 5.10.